The molecular weight excluding hydrogens is 282 g/mol. The summed E-state index contributed by atoms with van der Waals surface area (Å²) in [5.74, 6) is 0.479. The molecule has 22 heavy (non-hydrogen) atoms. The molecule has 0 aliphatic rings. The second kappa shape index (κ2) is 5.72. The predicted molar refractivity (Wildman–Crippen MR) is 79.2 cm³/mol. The van der Waals surface area contributed by atoms with Crippen LogP contribution in [0.2, 0.25) is 0 Å². The van der Waals surface area contributed by atoms with Gasteiger partial charge in [-0.2, -0.15) is 4.98 Å². The summed E-state index contributed by atoms with van der Waals surface area (Å²) >= 11 is 0. The minimum atomic E-state index is -0.465. The molecule has 0 aromatic carbocycles. The number of ether oxygens (including phenoxy) is 1. The van der Waals surface area contributed by atoms with Crippen molar-refractivity contribution in [2.45, 2.75) is 6.92 Å². The average molecular weight is 295 g/mol. The number of hydrogen-bond acceptors (Lipinski definition) is 6. The van der Waals surface area contributed by atoms with Gasteiger partial charge in [-0.1, -0.05) is 12.7 Å². The van der Waals surface area contributed by atoms with Gasteiger partial charge in [-0.05, 0) is 19.1 Å². The van der Waals surface area contributed by atoms with Crippen molar-refractivity contribution >= 4 is 11.7 Å². The molecule has 0 saturated carbocycles. The molecule has 7 heteroatoms. The van der Waals surface area contributed by atoms with E-state index in [2.05, 4.69) is 26.6 Å². The number of fused-ring (bicyclic) bond motifs is 1. The third kappa shape index (κ3) is 2.44. The quantitative estimate of drug-likeness (QED) is 0.539. The molecule has 0 radical (unpaired) electrons. The maximum atomic E-state index is 12.0. The van der Waals surface area contributed by atoms with Crippen LogP contribution in [0.4, 0.5) is 0 Å². The van der Waals surface area contributed by atoms with Crippen molar-refractivity contribution in [1.82, 2.24) is 24.6 Å². The maximum Gasteiger partial charge on any atom is 0.341 e. The number of aryl methyl sites for hydroxylation is 1. The molecule has 0 amide bonds. The Labute approximate surface area is 126 Å². The van der Waals surface area contributed by atoms with Crippen molar-refractivity contribution in [3.05, 3.63) is 54.6 Å². The van der Waals surface area contributed by atoms with Crippen LogP contribution in [0, 0.1) is 6.92 Å². The van der Waals surface area contributed by atoms with Crippen LogP contribution in [0.3, 0.4) is 0 Å². The molecule has 0 spiro atoms. The Bertz CT molecular complexity index is 842. The molecule has 3 rings (SSSR count). The fourth-order valence-corrected chi connectivity index (χ4v) is 1.98. The van der Waals surface area contributed by atoms with Crippen molar-refractivity contribution in [1.29, 1.82) is 0 Å². The normalized spacial score (nSPS) is 10.6. The number of esters is 1. The molecule has 3 aromatic rings. The Kier molecular flexibility index (Phi) is 3.61. The Morgan fingerprint density at radius 1 is 1.41 bits per heavy atom. The van der Waals surface area contributed by atoms with E-state index >= 15 is 0 Å². The lowest BCUT2D eigenvalue weighted by molar-refractivity contribution is 0.0547. The van der Waals surface area contributed by atoms with Crippen LogP contribution in [0.5, 0.6) is 0 Å². The van der Waals surface area contributed by atoms with Crippen LogP contribution in [0.15, 0.2) is 43.4 Å². The number of carbonyl (C=O) groups is 1. The van der Waals surface area contributed by atoms with Gasteiger partial charge in [-0.25, -0.2) is 14.3 Å². The van der Waals surface area contributed by atoms with Gasteiger partial charge >= 0.3 is 5.97 Å². The molecule has 0 unspecified atom stereocenters. The van der Waals surface area contributed by atoms with Gasteiger partial charge in [0.25, 0.3) is 5.78 Å². The zero-order valence-electron chi connectivity index (χ0n) is 11.9. The Morgan fingerprint density at radius 3 is 2.91 bits per heavy atom. The molecule has 0 N–H and O–H groups in total. The minimum Gasteiger partial charge on any atom is -0.458 e. The largest absolute Gasteiger partial charge is 0.458 e. The van der Waals surface area contributed by atoms with Gasteiger partial charge < -0.3 is 4.74 Å². The first-order valence-corrected chi connectivity index (χ1v) is 6.61. The highest BCUT2D eigenvalue weighted by Gasteiger charge is 2.16. The molecule has 0 bridgehead atoms. The molecule has 3 heterocycles. The molecule has 0 aliphatic carbocycles. The monoisotopic (exact) mass is 295 g/mol. The fraction of sp³-hybridized carbons (Fsp3) is 0.133. The predicted octanol–water partition coefficient (Wildman–Crippen LogP) is 1.84. The summed E-state index contributed by atoms with van der Waals surface area (Å²) in [6.07, 6.45) is 6.29. The van der Waals surface area contributed by atoms with E-state index in [1.54, 1.807) is 19.3 Å². The summed E-state index contributed by atoms with van der Waals surface area (Å²) < 4.78 is 6.56. The molecule has 3 aromatic heterocycles. The maximum absolute atomic E-state index is 12.0. The van der Waals surface area contributed by atoms with E-state index in [4.69, 9.17) is 4.74 Å². The van der Waals surface area contributed by atoms with Gasteiger partial charge in [0.05, 0.1) is 11.3 Å². The molecule has 7 nitrogen and oxygen atoms in total. The third-order valence-corrected chi connectivity index (χ3v) is 3.10. The van der Waals surface area contributed by atoms with Crippen LogP contribution in [0.1, 0.15) is 16.1 Å². The number of pyridine rings is 1. The highest BCUT2D eigenvalue weighted by molar-refractivity contribution is 5.90. The van der Waals surface area contributed by atoms with E-state index < -0.39 is 5.97 Å². The average Bonchev–Trinajstić information content (AvgIpc) is 2.99. The van der Waals surface area contributed by atoms with Crippen molar-refractivity contribution in [3.8, 4) is 11.4 Å². The summed E-state index contributed by atoms with van der Waals surface area (Å²) in [6, 6.07) is 3.62. The first kappa shape index (κ1) is 13.9. The van der Waals surface area contributed by atoms with Crippen molar-refractivity contribution in [2.75, 3.05) is 6.61 Å². The highest BCUT2D eigenvalue weighted by Crippen LogP contribution is 2.16. The van der Waals surface area contributed by atoms with Gasteiger partial charge in [-0.15, -0.1) is 5.10 Å². The van der Waals surface area contributed by atoms with E-state index in [9.17, 15) is 4.79 Å². The Balaban J connectivity index is 2.04. The number of aromatic nitrogens is 5. The van der Waals surface area contributed by atoms with E-state index in [0.29, 0.717) is 22.9 Å². The Hall–Kier alpha value is -3.09. The smallest absolute Gasteiger partial charge is 0.341 e. The number of nitrogens with zero attached hydrogens (tertiary/aromatic N) is 5. The molecular formula is C15H13N5O2. The fourth-order valence-electron chi connectivity index (χ4n) is 1.98. The van der Waals surface area contributed by atoms with E-state index in [0.717, 1.165) is 5.56 Å². The third-order valence-electron chi connectivity index (χ3n) is 3.10. The summed E-state index contributed by atoms with van der Waals surface area (Å²) in [4.78, 5) is 24.4. The Morgan fingerprint density at radius 2 is 2.18 bits per heavy atom. The van der Waals surface area contributed by atoms with Crippen molar-refractivity contribution in [2.24, 2.45) is 0 Å². The number of carbonyl (C=O) groups excluding carboxylic acids is 1. The van der Waals surface area contributed by atoms with Gasteiger partial charge in [0.2, 0.25) is 0 Å². The highest BCUT2D eigenvalue weighted by atomic mass is 16.5. The van der Waals surface area contributed by atoms with Crippen molar-refractivity contribution < 1.29 is 9.53 Å². The van der Waals surface area contributed by atoms with Gasteiger partial charge in [0, 0.05) is 24.2 Å². The topological polar surface area (TPSA) is 82.3 Å². The summed E-state index contributed by atoms with van der Waals surface area (Å²) in [6.45, 7) is 5.43. The lowest BCUT2D eigenvalue weighted by Crippen LogP contribution is -2.11. The first-order chi connectivity index (χ1) is 10.7. The zero-order chi connectivity index (χ0) is 15.5. The molecule has 110 valence electrons. The second-order valence-electron chi connectivity index (χ2n) is 4.53. The van der Waals surface area contributed by atoms with E-state index in [1.165, 1.54) is 16.8 Å². The second-order valence-corrected chi connectivity index (χ2v) is 4.53. The van der Waals surface area contributed by atoms with E-state index in [-0.39, 0.29) is 6.61 Å². The van der Waals surface area contributed by atoms with Gasteiger partial charge in [-0.3, -0.25) is 4.98 Å². The van der Waals surface area contributed by atoms with Crippen LogP contribution in [-0.2, 0) is 4.74 Å². The van der Waals surface area contributed by atoms with E-state index in [1.807, 2.05) is 12.1 Å². The van der Waals surface area contributed by atoms with Gasteiger partial charge in [0.15, 0.2) is 5.82 Å². The SMILES string of the molecule is C=CCOC(=O)c1cnc2nc(-c3ccncc3)nn2c1C. The number of rotatable bonds is 4. The lowest BCUT2D eigenvalue weighted by atomic mass is 10.2. The first-order valence-electron chi connectivity index (χ1n) is 6.61. The molecule has 0 aliphatic heterocycles. The van der Waals surface area contributed by atoms with Gasteiger partial charge in [0.1, 0.15) is 6.61 Å². The lowest BCUT2D eigenvalue weighted by Gasteiger charge is -2.05. The molecule has 0 saturated heterocycles. The standard InChI is InChI=1S/C15H13N5O2/c1-3-8-22-14(21)12-9-17-15-18-13(19-20(15)10(12)2)11-4-6-16-7-5-11/h3-7,9H,1,8H2,2H3. The van der Waals surface area contributed by atoms with Crippen LogP contribution in [0.25, 0.3) is 17.2 Å². The molecule has 0 atom stereocenters. The summed E-state index contributed by atoms with van der Waals surface area (Å²) in [5.41, 5.74) is 1.79. The van der Waals surface area contributed by atoms with Crippen LogP contribution >= 0.6 is 0 Å². The number of hydrogen-bond donors (Lipinski definition) is 0. The summed E-state index contributed by atoms with van der Waals surface area (Å²) in [5, 5.41) is 4.39. The summed E-state index contributed by atoms with van der Waals surface area (Å²) in [7, 11) is 0. The van der Waals surface area contributed by atoms with Crippen LogP contribution in [-0.4, -0.2) is 37.1 Å². The van der Waals surface area contributed by atoms with Crippen molar-refractivity contribution in [3.63, 3.8) is 0 Å². The van der Waals surface area contributed by atoms with Crippen LogP contribution < -0.4 is 0 Å². The minimum absolute atomic E-state index is 0.149. The zero-order valence-corrected chi connectivity index (χ0v) is 11.9. The molecule has 0 fully saturated rings.